The lowest BCUT2D eigenvalue weighted by Crippen LogP contribution is -2.04. The van der Waals surface area contributed by atoms with Crippen molar-refractivity contribution in [3.8, 4) is 0 Å². The number of aryl methyl sites for hydroxylation is 1. The molecule has 17 heavy (non-hydrogen) atoms. The van der Waals surface area contributed by atoms with Crippen LogP contribution in [-0.4, -0.2) is 11.3 Å². The van der Waals surface area contributed by atoms with E-state index >= 15 is 0 Å². The fourth-order valence-corrected chi connectivity index (χ4v) is 2.46. The number of halogens is 1. The third kappa shape index (κ3) is 2.97. The standard InChI is InChI=1S/C13H12FNOS/c1-9-8-17-13(15-9)11(7-16)6-10-2-4-12(14)5-3-10/h2-5,7-8,11H,6H2,1H3. The molecule has 0 aliphatic carbocycles. The van der Waals surface area contributed by atoms with Crippen molar-refractivity contribution in [1.82, 2.24) is 4.98 Å². The smallest absolute Gasteiger partial charge is 0.130 e. The van der Waals surface area contributed by atoms with Gasteiger partial charge in [-0.2, -0.15) is 0 Å². The van der Waals surface area contributed by atoms with Crippen molar-refractivity contribution in [3.63, 3.8) is 0 Å². The Labute approximate surface area is 103 Å². The van der Waals surface area contributed by atoms with Gasteiger partial charge < -0.3 is 4.79 Å². The Hall–Kier alpha value is -1.55. The quantitative estimate of drug-likeness (QED) is 0.779. The topological polar surface area (TPSA) is 30.0 Å². The highest BCUT2D eigenvalue weighted by atomic mass is 32.1. The summed E-state index contributed by atoms with van der Waals surface area (Å²) in [5, 5.41) is 2.75. The van der Waals surface area contributed by atoms with Crippen LogP contribution in [0.5, 0.6) is 0 Å². The Balaban J connectivity index is 2.15. The van der Waals surface area contributed by atoms with Crippen molar-refractivity contribution in [2.24, 2.45) is 0 Å². The highest BCUT2D eigenvalue weighted by Gasteiger charge is 2.14. The second kappa shape index (κ2) is 5.19. The number of carbonyl (C=O) groups excluding carboxylic acids is 1. The summed E-state index contributed by atoms with van der Waals surface area (Å²) in [6, 6.07) is 6.22. The molecule has 2 aromatic rings. The zero-order chi connectivity index (χ0) is 12.3. The predicted molar refractivity (Wildman–Crippen MR) is 65.8 cm³/mol. The first-order chi connectivity index (χ1) is 8.19. The molecular formula is C13H12FNOS. The van der Waals surface area contributed by atoms with Crippen LogP contribution in [0.1, 0.15) is 22.2 Å². The Kier molecular flexibility index (Phi) is 3.64. The number of thiazole rings is 1. The third-order valence-electron chi connectivity index (χ3n) is 2.49. The molecule has 1 atom stereocenters. The summed E-state index contributed by atoms with van der Waals surface area (Å²) in [6.07, 6.45) is 1.47. The largest absolute Gasteiger partial charge is 0.303 e. The summed E-state index contributed by atoms with van der Waals surface area (Å²) in [4.78, 5) is 15.4. The number of benzene rings is 1. The van der Waals surface area contributed by atoms with Crippen LogP contribution in [0.15, 0.2) is 29.6 Å². The molecule has 1 aromatic carbocycles. The molecule has 0 saturated carbocycles. The van der Waals surface area contributed by atoms with Crippen molar-refractivity contribution in [1.29, 1.82) is 0 Å². The number of nitrogens with zero attached hydrogens (tertiary/aromatic N) is 1. The molecule has 0 spiro atoms. The third-order valence-corrected chi connectivity index (χ3v) is 3.58. The van der Waals surface area contributed by atoms with Crippen LogP contribution in [0.4, 0.5) is 4.39 Å². The second-order valence-electron chi connectivity index (χ2n) is 3.90. The Morgan fingerprint density at radius 3 is 2.65 bits per heavy atom. The van der Waals surface area contributed by atoms with Crippen LogP contribution >= 0.6 is 11.3 Å². The van der Waals surface area contributed by atoms with E-state index in [0.717, 1.165) is 22.6 Å². The number of aromatic nitrogens is 1. The summed E-state index contributed by atoms with van der Waals surface area (Å²) in [5.74, 6) is -0.499. The summed E-state index contributed by atoms with van der Waals surface area (Å²) in [6.45, 7) is 1.90. The molecule has 2 nitrogen and oxygen atoms in total. The number of hydrogen-bond acceptors (Lipinski definition) is 3. The second-order valence-corrected chi connectivity index (χ2v) is 4.79. The molecule has 1 aromatic heterocycles. The van der Waals surface area contributed by atoms with Crippen molar-refractivity contribution in [3.05, 3.63) is 51.7 Å². The van der Waals surface area contributed by atoms with Gasteiger partial charge in [0.1, 0.15) is 17.1 Å². The van der Waals surface area contributed by atoms with E-state index in [-0.39, 0.29) is 11.7 Å². The van der Waals surface area contributed by atoms with Gasteiger partial charge in [0.2, 0.25) is 0 Å². The summed E-state index contributed by atoms with van der Waals surface area (Å²) >= 11 is 1.49. The van der Waals surface area contributed by atoms with E-state index in [0.29, 0.717) is 6.42 Å². The van der Waals surface area contributed by atoms with Gasteiger partial charge in [-0.15, -0.1) is 11.3 Å². The molecule has 0 aliphatic heterocycles. The van der Waals surface area contributed by atoms with Crippen molar-refractivity contribution in [2.45, 2.75) is 19.3 Å². The molecule has 1 heterocycles. The van der Waals surface area contributed by atoms with Crippen LogP contribution < -0.4 is 0 Å². The van der Waals surface area contributed by atoms with Gasteiger partial charge in [-0.1, -0.05) is 12.1 Å². The van der Waals surface area contributed by atoms with Gasteiger partial charge in [0.25, 0.3) is 0 Å². The van der Waals surface area contributed by atoms with E-state index < -0.39 is 0 Å². The van der Waals surface area contributed by atoms with Crippen molar-refractivity contribution >= 4 is 17.6 Å². The average molecular weight is 249 g/mol. The van der Waals surface area contributed by atoms with Crippen molar-refractivity contribution in [2.75, 3.05) is 0 Å². The number of hydrogen-bond donors (Lipinski definition) is 0. The predicted octanol–water partition coefficient (Wildman–Crippen LogP) is 3.12. The van der Waals surface area contributed by atoms with Crippen LogP contribution in [0.3, 0.4) is 0 Å². The maximum Gasteiger partial charge on any atom is 0.130 e. The van der Waals surface area contributed by atoms with E-state index in [4.69, 9.17) is 0 Å². The highest BCUT2D eigenvalue weighted by molar-refractivity contribution is 7.09. The van der Waals surface area contributed by atoms with E-state index in [9.17, 15) is 9.18 Å². The highest BCUT2D eigenvalue weighted by Crippen LogP contribution is 2.22. The van der Waals surface area contributed by atoms with Gasteiger partial charge in [-0.05, 0) is 31.0 Å². The number of carbonyl (C=O) groups is 1. The maximum atomic E-state index is 12.8. The first-order valence-corrected chi connectivity index (χ1v) is 6.19. The average Bonchev–Trinajstić information content (AvgIpc) is 2.75. The zero-order valence-electron chi connectivity index (χ0n) is 9.39. The SMILES string of the molecule is Cc1csc(C(C=O)Cc2ccc(F)cc2)n1. The summed E-state index contributed by atoms with van der Waals surface area (Å²) in [5.41, 5.74) is 1.87. The van der Waals surface area contributed by atoms with Gasteiger partial charge in [0.05, 0.1) is 5.92 Å². The van der Waals surface area contributed by atoms with Crippen molar-refractivity contribution < 1.29 is 9.18 Å². The van der Waals surface area contributed by atoms with Crippen LogP contribution in [0.25, 0.3) is 0 Å². The van der Waals surface area contributed by atoms with Gasteiger partial charge in [0.15, 0.2) is 0 Å². The normalized spacial score (nSPS) is 12.4. The minimum atomic E-state index is -0.263. The number of aldehydes is 1. The molecule has 0 saturated heterocycles. The van der Waals surface area contributed by atoms with E-state index in [2.05, 4.69) is 4.98 Å². The zero-order valence-corrected chi connectivity index (χ0v) is 10.2. The van der Waals surface area contributed by atoms with Gasteiger partial charge in [-0.25, -0.2) is 9.37 Å². The van der Waals surface area contributed by atoms with Gasteiger partial charge >= 0.3 is 0 Å². The number of rotatable bonds is 4. The fraction of sp³-hybridized carbons (Fsp3) is 0.231. The molecule has 4 heteroatoms. The summed E-state index contributed by atoms with van der Waals surface area (Å²) in [7, 11) is 0. The molecule has 1 unspecified atom stereocenters. The maximum absolute atomic E-state index is 12.8. The molecule has 0 bridgehead atoms. The molecular weight excluding hydrogens is 237 g/mol. The molecule has 2 rings (SSSR count). The molecule has 0 aliphatic rings. The van der Waals surface area contributed by atoms with E-state index in [1.165, 1.54) is 23.5 Å². The fourth-order valence-electron chi connectivity index (χ4n) is 1.61. The molecule has 0 fully saturated rings. The monoisotopic (exact) mass is 249 g/mol. The summed E-state index contributed by atoms with van der Waals surface area (Å²) < 4.78 is 12.8. The van der Waals surface area contributed by atoms with Gasteiger partial charge in [-0.3, -0.25) is 0 Å². The first-order valence-electron chi connectivity index (χ1n) is 5.31. The minimum absolute atomic E-state index is 0.237. The minimum Gasteiger partial charge on any atom is -0.303 e. The molecule has 88 valence electrons. The lowest BCUT2D eigenvalue weighted by atomic mass is 10.0. The molecule has 0 radical (unpaired) electrons. The van der Waals surface area contributed by atoms with Crippen LogP contribution in [0.2, 0.25) is 0 Å². The Morgan fingerprint density at radius 1 is 1.41 bits per heavy atom. The lowest BCUT2D eigenvalue weighted by Gasteiger charge is -2.06. The van der Waals surface area contributed by atoms with E-state index in [1.807, 2.05) is 12.3 Å². The van der Waals surface area contributed by atoms with Gasteiger partial charge in [0, 0.05) is 11.1 Å². The van der Waals surface area contributed by atoms with Crippen LogP contribution in [0, 0.1) is 12.7 Å². The Morgan fingerprint density at radius 2 is 2.12 bits per heavy atom. The van der Waals surface area contributed by atoms with E-state index in [1.54, 1.807) is 12.1 Å². The van der Waals surface area contributed by atoms with Crippen LogP contribution in [-0.2, 0) is 11.2 Å². The first kappa shape index (κ1) is 11.9. The molecule has 0 amide bonds. The lowest BCUT2D eigenvalue weighted by molar-refractivity contribution is -0.109. The Bertz CT molecular complexity index is 506. The molecule has 0 N–H and O–H groups in total.